The highest BCUT2D eigenvalue weighted by Crippen LogP contribution is 2.30. The molecule has 0 saturated carbocycles. The third-order valence-corrected chi connectivity index (χ3v) is 5.56. The van der Waals surface area contributed by atoms with Crippen molar-refractivity contribution in [3.05, 3.63) is 29.8 Å². The van der Waals surface area contributed by atoms with E-state index in [1.54, 1.807) is 33.9 Å². The minimum atomic E-state index is -0.444. The van der Waals surface area contributed by atoms with Gasteiger partial charge in [0.1, 0.15) is 12.2 Å². The van der Waals surface area contributed by atoms with E-state index in [-0.39, 0.29) is 24.3 Å². The van der Waals surface area contributed by atoms with Crippen LogP contribution in [-0.2, 0) is 14.3 Å². The van der Waals surface area contributed by atoms with Crippen LogP contribution in [0.4, 0.5) is 5.69 Å². The van der Waals surface area contributed by atoms with E-state index in [0.717, 1.165) is 25.1 Å². The number of benzene rings is 1. The number of anilines is 1. The van der Waals surface area contributed by atoms with Gasteiger partial charge in [-0.25, -0.2) is 0 Å². The Bertz CT molecular complexity index is 748. The summed E-state index contributed by atoms with van der Waals surface area (Å²) in [6.07, 6.45) is 2.20. The fourth-order valence-corrected chi connectivity index (χ4v) is 4.04. The van der Waals surface area contributed by atoms with Gasteiger partial charge in [0, 0.05) is 37.8 Å². The van der Waals surface area contributed by atoms with Crippen LogP contribution in [0.5, 0.6) is 0 Å². The molecule has 1 spiro atoms. The van der Waals surface area contributed by atoms with Crippen LogP contribution in [0, 0.1) is 0 Å². The number of likely N-dealkylation sites (tertiary alicyclic amines) is 1. The first-order valence-corrected chi connectivity index (χ1v) is 9.05. The molecule has 0 aromatic heterocycles. The summed E-state index contributed by atoms with van der Waals surface area (Å²) in [7, 11) is 1.77. The zero-order valence-corrected chi connectivity index (χ0v) is 14.9. The van der Waals surface area contributed by atoms with Gasteiger partial charge in [0.25, 0.3) is 5.91 Å². The predicted molar refractivity (Wildman–Crippen MR) is 94.9 cm³/mol. The van der Waals surface area contributed by atoms with Gasteiger partial charge in [0.2, 0.25) is 11.8 Å². The number of nitrogens with zero attached hydrogens (tertiary/aromatic N) is 3. The lowest BCUT2D eigenvalue weighted by molar-refractivity contribution is -0.158. The molecule has 26 heavy (non-hydrogen) atoms. The van der Waals surface area contributed by atoms with E-state index in [2.05, 4.69) is 0 Å². The van der Waals surface area contributed by atoms with E-state index in [1.807, 2.05) is 12.1 Å². The van der Waals surface area contributed by atoms with Crippen molar-refractivity contribution in [2.45, 2.75) is 24.9 Å². The maximum atomic E-state index is 12.8. The molecule has 0 bridgehead atoms. The van der Waals surface area contributed by atoms with Gasteiger partial charge in [-0.3, -0.25) is 14.4 Å². The van der Waals surface area contributed by atoms with Crippen molar-refractivity contribution in [3.8, 4) is 0 Å². The molecule has 3 saturated heterocycles. The van der Waals surface area contributed by atoms with Gasteiger partial charge in [-0.15, -0.1) is 0 Å². The Kier molecular flexibility index (Phi) is 4.19. The van der Waals surface area contributed by atoms with Gasteiger partial charge in [0.05, 0.1) is 13.1 Å². The Balaban J connectivity index is 1.43. The molecule has 3 aliphatic heterocycles. The molecule has 0 radical (unpaired) electrons. The molecule has 1 aromatic rings. The molecule has 3 heterocycles. The van der Waals surface area contributed by atoms with E-state index in [0.29, 0.717) is 31.6 Å². The first kappa shape index (κ1) is 17.0. The third-order valence-electron chi connectivity index (χ3n) is 5.56. The lowest BCUT2D eigenvalue weighted by Gasteiger charge is -2.38. The monoisotopic (exact) mass is 357 g/mol. The lowest BCUT2D eigenvalue weighted by atomic mass is 10.0. The molecule has 0 aliphatic carbocycles. The number of morpholine rings is 1. The topological polar surface area (TPSA) is 70.2 Å². The summed E-state index contributed by atoms with van der Waals surface area (Å²) < 4.78 is 5.79. The molecule has 1 unspecified atom stereocenters. The van der Waals surface area contributed by atoms with E-state index in [4.69, 9.17) is 4.74 Å². The van der Waals surface area contributed by atoms with Gasteiger partial charge in [-0.2, -0.15) is 0 Å². The Morgan fingerprint density at radius 3 is 2.50 bits per heavy atom. The highest BCUT2D eigenvalue weighted by atomic mass is 16.5. The standard InChI is InChI=1S/C19H23N3O4/c1-20-12-19(26-11-17(20)24)8-10-21(13-19)18(25)14-4-6-15(7-5-14)22-9-2-3-16(22)23/h4-7H,2-3,8-13H2,1H3. The summed E-state index contributed by atoms with van der Waals surface area (Å²) in [5.74, 6) is 0.0791. The van der Waals surface area contributed by atoms with Crippen LogP contribution in [0.2, 0.25) is 0 Å². The van der Waals surface area contributed by atoms with Crippen molar-refractivity contribution in [3.63, 3.8) is 0 Å². The summed E-state index contributed by atoms with van der Waals surface area (Å²) in [5, 5.41) is 0. The number of hydrogen-bond donors (Lipinski definition) is 0. The second kappa shape index (κ2) is 6.39. The summed E-state index contributed by atoms with van der Waals surface area (Å²) in [6.45, 7) is 2.45. The number of likely N-dealkylation sites (N-methyl/N-ethyl adjacent to an activating group) is 1. The number of ether oxygens (including phenoxy) is 1. The molecular weight excluding hydrogens is 334 g/mol. The quantitative estimate of drug-likeness (QED) is 0.788. The fourth-order valence-electron chi connectivity index (χ4n) is 4.04. The molecule has 3 amide bonds. The Morgan fingerprint density at radius 1 is 1.08 bits per heavy atom. The minimum Gasteiger partial charge on any atom is -0.361 e. The minimum absolute atomic E-state index is 0.0209. The van der Waals surface area contributed by atoms with Gasteiger partial charge in [-0.1, -0.05) is 0 Å². The Hall–Kier alpha value is -2.41. The Labute approximate surface area is 152 Å². The normalized spacial score (nSPS) is 26.3. The van der Waals surface area contributed by atoms with Crippen LogP contribution in [0.15, 0.2) is 24.3 Å². The van der Waals surface area contributed by atoms with Crippen molar-refractivity contribution in [1.82, 2.24) is 9.80 Å². The van der Waals surface area contributed by atoms with Gasteiger partial charge in [0.15, 0.2) is 0 Å². The van der Waals surface area contributed by atoms with Crippen molar-refractivity contribution >= 4 is 23.4 Å². The maximum absolute atomic E-state index is 12.8. The lowest BCUT2D eigenvalue weighted by Crippen LogP contribution is -2.54. The zero-order valence-electron chi connectivity index (χ0n) is 14.9. The van der Waals surface area contributed by atoms with E-state index < -0.39 is 5.60 Å². The van der Waals surface area contributed by atoms with Gasteiger partial charge >= 0.3 is 0 Å². The number of carbonyl (C=O) groups is 3. The average Bonchev–Trinajstić information content (AvgIpc) is 3.25. The molecule has 7 heteroatoms. The zero-order chi connectivity index (χ0) is 18.3. The summed E-state index contributed by atoms with van der Waals surface area (Å²) in [4.78, 5) is 41.5. The van der Waals surface area contributed by atoms with Gasteiger partial charge < -0.3 is 19.4 Å². The highest BCUT2D eigenvalue weighted by molar-refractivity contribution is 5.97. The van der Waals surface area contributed by atoms with Gasteiger partial charge in [-0.05, 0) is 37.1 Å². The molecule has 1 atom stereocenters. The molecule has 1 aromatic carbocycles. The smallest absolute Gasteiger partial charge is 0.253 e. The maximum Gasteiger partial charge on any atom is 0.253 e. The third kappa shape index (κ3) is 2.96. The molecule has 3 aliphatic rings. The van der Waals surface area contributed by atoms with Crippen molar-refractivity contribution < 1.29 is 19.1 Å². The molecule has 138 valence electrons. The molecule has 7 nitrogen and oxygen atoms in total. The first-order chi connectivity index (χ1) is 12.5. The van der Waals surface area contributed by atoms with Crippen LogP contribution in [0.25, 0.3) is 0 Å². The number of rotatable bonds is 2. The van der Waals surface area contributed by atoms with Crippen molar-refractivity contribution in [2.75, 3.05) is 44.7 Å². The fraction of sp³-hybridized carbons (Fsp3) is 0.526. The predicted octanol–water partition coefficient (Wildman–Crippen LogP) is 0.887. The summed E-state index contributed by atoms with van der Waals surface area (Å²) in [6, 6.07) is 7.25. The van der Waals surface area contributed by atoms with E-state index in [9.17, 15) is 14.4 Å². The summed E-state index contributed by atoms with van der Waals surface area (Å²) in [5.41, 5.74) is 1.01. The summed E-state index contributed by atoms with van der Waals surface area (Å²) >= 11 is 0. The number of amides is 3. The average molecular weight is 357 g/mol. The largest absolute Gasteiger partial charge is 0.361 e. The van der Waals surface area contributed by atoms with Crippen molar-refractivity contribution in [2.24, 2.45) is 0 Å². The van der Waals surface area contributed by atoms with Crippen LogP contribution in [0.1, 0.15) is 29.6 Å². The van der Waals surface area contributed by atoms with Crippen LogP contribution >= 0.6 is 0 Å². The molecule has 3 fully saturated rings. The molecule has 4 rings (SSSR count). The van der Waals surface area contributed by atoms with E-state index in [1.165, 1.54) is 0 Å². The second-order valence-electron chi connectivity index (χ2n) is 7.39. The molecule has 0 N–H and O–H groups in total. The van der Waals surface area contributed by atoms with Crippen LogP contribution in [-0.4, -0.2) is 73.0 Å². The molecular formula is C19H23N3O4. The van der Waals surface area contributed by atoms with Crippen LogP contribution in [0.3, 0.4) is 0 Å². The van der Waals surface area contributed by atoms with E-state index >= 15 is 0 Å². The SMILES string of the molecule is CN1CC2(CCN(C(=O)c3ccc(N4CCCC4=O)cc3)C2)OCC1=O. The Morgan fingerprint density at radius 2 is 1.85 bits per heavy atom. The second-order valence-corrected chi connectivity index (χ2v) is 7.39. The first-order valence-electron chi connectivity index (χ1n) is 9.05. The van der Waals surface area contributed by atoms with Crippen molar-refractivity contribution in [1.29, 1.82) is 0 Å². The number of carbonyl (C=O) groups excluding carboxylic acids is 3. The number of hydrogen-bond acceptors (Lipinski definition) is 4. The highest BCUT2D eigenvalue weighted by Gasteiger charge is 2.45. The van der Waals surface area contributed by atoms with Crippen LogP contribution < -0.4 is 4.90 Å².